The second kappa shape index (κ2) is 13.9. The molecule has 0 aromatic heterocycles. The zero-order valence-electron chi connectivity index (χ0n) is 13.2. The molecule has 0 bridgehead atoms. The number of nitrogens with one attached hydrogen (secondary N) is 2. The van der Waals surface area contributed by atoms with Gasteiger partial charge in [-0.05, 0) is 12.8 Å². The van der Waals surface area contributed by atoms with Gasteiger partial charge in [0.2, 0.25) is 0 Å². The fraction of sp³-hybridized carbons (Fsp3) is 1.00. The predicted octanol–water partition coefficient (Wildman–Crippen LogP) is -1.45. The minimum atomic E-state index is -1.36. The Morgan fingerprint density at radius 3 is 0.941 bits per heavy atom. The predicted molar refractivity (Wildman–Crippen MR) is 75.4 cm³/mol. The molecule has 3 nitrogen and oxygen atoms in total. The van der Waals surface area contributed by atoms with Gasteiger partial charge in [-0.3, -0.25) is 0 Å². The maximum Gasteiger partial charge on any atom is 1.00 e. The van der Waals surface area contributed by atoms with E-state index in [2.05, 4.69) is 0 Å². The Morgan fingerprint density at radius 1 is 0.706 bits per heavy atom. The van der Waals surface area contributed by atoms with Gasteiger partial charge in [0.15, 0.2) is 0 Å². The summed E-state index contributed by atoms with van der Waals surface area (Å²) >= 11 is 0. The van der Waals surface area contributed by atoms with Gasteiger partial charge in [0.25, 0.3) is 0 Å². The van der Waals surface area contributed by atoms with Crippen LogP contribution in [0.2, 0.25) is 39.3 Å². The quantitative estimate of drug-likeness (QED) is 0.493. The Labute approximate surface area is 134 Å². The smallest absolute Gasteiger partial charge is 0.680 e. The van der Waals surface area contributed by atoms with E-state index in [4.69, 9.17) is 15.5 Å². The van der Waals surface area contributed by atoms with Crippen molar-refractivity contribution in [1.82, 2.24) is 0 Å². The zero-order chi connectivity index (χ0) is 12.5. The van der Waals surface area contributed by atoms with E-state index in [9.17, 15) is 0 Å². The van der Waals surface area contributed by atoms with Gasteiger partial charge in [-0.2, -0.15) is 0 Å². The van der Waals surface area contributed by atoms with Crippen LogP contribution in [0.25, 0.3) is 10.8 Å². The molecule has 1 aliphatic rings. The molecular weight excluding hydrogens is 234 g/mol. The molecule has 1 rings (SSSR count). The van der Waals surface area contributed by atoms with Gasteiger partial charge in [0, 0.05) is 13.2 Å². The van der Waals surface area contributed by atoms with Crippen molar-refractivity contribution in [2.75, 3.05) is 13.2 Å². The third-order valence-corrected chi connectivity index (χ3v) is 0.827. The molecule has 0 atom stereocenters. The summed E-state index contributed by atoms with van der Waals surface area (Å²) in [6.45, 7) is 14.0. The molecule has 1 fully saturated rings. The average Bonchev–Trinajstić information content (AvgIpc) is 2.28. The van der Waals surface area contributed by atoms with Crippen LogP contribution in [0.5, 0.6) is 0 Å². The molecule has 1 saturated heterocycles. The van der Waals surface area contributed by atoms with Gasteiger partial charge < -0.3 is 15.5 Å². The molecule has 0 amide bonds. The van der Waals surface area contributed by atoms with Crippen LogP contribution < -0.4 is 37.7 Å². The van der Waals surface area contributed by atoms with Gasteiger partial charge in [0.1, 0.15) is 0 Å². The largest absolute Gasteiger partial charge is 1.00 e. The summed E-state index contributed by atoms with van der Waals surface area (Å²) in [5, 5.41) is 14.2. The van der Waals surface area contributed by atoms with Crippen LogP contribution in [-0.2, 0) is 4.74 Å². The average molecular weight is 262 g/mol. The molecule has 0 unspecified atom stereocenters. The third-order valence-electron chi connectivity index (χ3n) is 0.827. The van der Waals surface area contributed by atoms with Crippen molar-refractivity contribution in [3.8, 4) is 0 Å². The molecule has 0 saturated carbocycles. The van der Waals surface area contributed by atoms with Crippen molar-refractivity contribution in [2.45, 2.75) is 52.1 Å². The van der Waals surface area contributed by atoms with Gasteiger partial charge in [0.05, 0.1) is 0 Å². The molecule has 1 aliphatic heterocycles. The second-order valence-electron chi connectivity index (χ2n) is 5.82. The normalized spacial score (nSPS) is 14.1. The fourth-order valence-electron chi connectivity index (χ4n) is 0.510. The van der Waals surface area contributed by atoms with Crippen LogP contribution >= 0.6 is 0 Å². The number of hydrogen-bond acceptors (Lipinski definition) is 1. The molecule has 0 spiro atoms. The molecular formula is C10H28Li2N2OSi2. The van der Waals surface area contributed by atoms with Crippen molar-refractivity contribution in [2.24, 2.45) is 0 Å². The van der Waals surface area contributed by atoms with Crippen LogP contribution in [0.1, 0.15) is 12.8 Å². The summed E-state index contributed by atoms with van der Waals surface area (Å²) in [4.78, 5) is 0. The Kier molecular flexibility index (Phi) is 22.1. The van der Waals surface area contributed by atoms with E-state index in [-0.39, 0.29) is 37.7 Å². The molecule has 0 aromatic rings. The van der Waals surface area contributed by atoms with Gasteiger partial charge in [-0.25, -0.2) is 0 Å². The Morgan fingerprint density at radius 2 is 0.882 bits per heavy atom. The maximum absolute atomic E-state index is 7.08. The fourth-order valence-corrected chi connectivity index (χ4v) is 0.510. The van der Waals surface area contributed by atoms with Crippen LogP contribution in [0.4, 0.5) is 0 Å². The molecule has 2 N–H and O–H groups in total. The van der Waals surface area contributed by atoms with Crippen LogP contribution in [0.3, 0.4) is 0 Å². The minimum Gasteiger partial charge on any atom is -0.680 e. The molecule has 0 radical (unpaired) electrons. The standard InChI is InChI=1S/C4H8O.2C3H10NSi.2Li/c1-2-4-5-3-1;2*1-5(2,3)4;;/h1-4H2;2*4H,1-3H3;;/q;2*-1;2*+1. The van der Waals surface area contributed by atoms with E-state index in [1.54, 1.807) is 0 Å². The van der Waals surface area contributed by atoms with Gasteiger partial charge in [-0.1, -0.05) is 55.8 Å². The monoisotopic (exact) mass is 262 g/mol. The second-order valence-corrected chi connectivity index (χ2v) is 14.8. The van der Waals surface area contributed by atoms with Crippen molar-refractivity contribution < 1.29 is 42.5 Å². The van der Waals surface area contributed by atoms with E-state index < -0.39 is 16.5 Å². The zero-order valence-corrected chi connectivity index (χ0v) is 15.2. The molecule has 0 aliphatic carbocycles. The first-order chi connectivity index (χ1) is 6.50. The Hall–Kier alpha value is 1.51. The van der Waals surface area contributed by atoms with E-state index in [0.717, 1.165) is 13.2 Å². The van der Waals surface area contributed by atoms with Crippen molar-refractivity contribution in [3.63, 3.8) is 0 Å². The molecule has 0 aromatic carbocycles. The topological polar surface area (TPSA) is 56.8 Å². The first-order valence-corrected chi connectivity index (χ1v) is 12.6. The Bertz CT molecular complexity index is 115. The molecule has 7 heteroatoms. The van der Waals surface area contributed by atoms with Crippen LogP contribution in [0, 0.1) is 0 Å². The summed E-state index contributed by atoms with van der Waals surface area (Å²) in [6.07, 6.45) is 2.56. The van der Waals surface area contributed by atoms with Gasteiger partial charge >= 0.3 is 37.7 Å². The van der Waals surface area contributed by atoms with Crippen LogP contribution in [0.15, 0.2) is 0 Å². The number of ether oxygens (including phenoxy) is 1. The van der Waals surface area contributed by atoms with Crippen molar-refractivity contribution in [3.05, 3.63) is 10.8 Å². The summed E-state index contributed by atoms with van der Waals surface area (Å²) in [5.74, 6) is 0. The van der Waals surface area contributed by atoms with E-state index >= 15 is 0 Å². The van der Waals surface area contributed by atoms with Crippen LogP contribution in [-0.4, -0.2) is 29.7 Å². The van der Waals surface area contributed by atoms with Gasteiger partial charge in [-0.15, -0.1) is 0 Å². The Balaban J connectivity index is -0.0000000704. The molecule has 17 heavy (non-hydrogen) atoms. The first-order valence-electron chi connectivity index (χ1n) is 5.58. The first kappa shape index (κ1) is 27.0. The van der Waals surface area contributed by atoms with E-state index in [0.29, 0.717) is 0 Å². The van der Waals surface area contributed by atoms with E-state index in [1.165, 1.54) is 12.8 Å². The summed E-state index contributed by atoms with van der Waals surface area (Å²) in [7, 11) is -2.72. The summed E-state index contributed by atoms with van der Waals surface area (Å²) in [5.41, 5.74) is 0. The minimum absolute atomic E-state index is 0. The summed E-state index contributed by atoms with van der Waals surface area (Å²) in [6, 6.07) is 0. The summed E-state index contributed by atoms with van der Waals surface area (Å²) < 4.78 is 4.94. The molecule has 94 valence electrons. The SMILES string of the molecule is C1CCOC1.C[Si](C)(C)[NH-].C[Si](C)(C)[NH-].[Li+].[Li+]. The third kappa shape index (κ3) is 99.4. The number of hydrogen-bond donors (Lipinski definition) is 0. The van der Waals surface area contributed by atoms with Crippen molar-refractivity contribution in [1.29, 1.82) is 0 Å². The van der Waals surface area contributed by atoms with E-state index in [1.807, 2.05) is 39.3 Å². The van der Waals surface area contributed by atoms with Crippen molar-refractivity contribution >= 4 is 16.5 Å². The number of rotatable bonds is 0. The maximum atomic E-state index is 7.08. The molecule has 1 heterocycles.